The van der Waals surface area contributed by atoms with Crippen molar-refractivity contribution in [2.24, 2.45) is 4.99 Å². The van der Waals surface area contributed by atoms with E-state index in [-0.39, 0.29) is 24.0 Å². The van der Waals surface area contributed by atoms with E-state index in [0.717, 1.165) is 37.6 Å². The highest BCUT2D eigenvalue weighted by Crippen LogP contribution is 2.24. The minimum absolute atomic E-state index is 0. The van der Waals surface area contributed by atoms with Gasteiger partial charge in [0.05, 0.1) is 24.3 Å². The fourth-order valence-corrected chi connectivity index (χ4v) is 3.71. The summed E-state index contributed by atoms with van der Waals surface area (Å²) in [6, 6.07) is 10.5. The van der Waals surface area contributed by atoms with Crippen molar-refractivity contribution in [3.63, 3.8) is 0 Å². The number of aromatic nitrogens is 1. The summed E-state index contributed by atoms with van der Waals surface area (Å²) in [6.07, 6.45) is 2.21. The predicted molar refractivity (Wildman–Crippen MR) is 119 cm³/mol. The Morgan fingerprint density at radius 1 is 1.31 bits per heavy atom. The quantitative estimate of drug-likeness (QED) is 0.386. The molecule has 3 heterocycles. The van der Waals surface area contributed by atoms with Crippen LogP contribution in [0, 0.1) is 0 Å². The molecule has 6 nitrogen and oxygen atoms in total. The molecule has 3 rings (SSSR count). The lowest BCUT2D eigenvalue weighted by atomic mass is 10.1. The molecule has 1 aliphatic heterocycles. The number of methoxy groups -OCH3 is 1. The van der Waals surface area contributed by atoms with Crippen LogP contribution in [0.15, 0.2) is 40.7 Å². The molecule has 8 heteroatoms. The molecule has 1 saturated heterocycles. The molecule has 0 aromatic carbocycles. The lowest BCUT2D eigenvalue weighted by Crippen LogP contribution is -2.48. The highest BCUT2D eigenvalue weighted by molar-refractivity contribution is 14.0. The third-order valence-electron chi connectivity index (χ3n) is 4.30. The molecule has 2 aromatic rings. The van der Waals surface area contributed by atoms with Gasteiger partial charge in [0.15, 0.2) is 5.96 Å². The lowest BCUT2D eigenvalue weighted by Gasteiger charge is -2.33. The number of pyridine rings is 1. The Hall–Kier alpha value is -1.55. The molecule has 0 unspecified atom stereocenters. The smallest absolute Gasteiger partial charge is 0.213 e. The Morgan fingerprint density at radius 2 is 2.12 bits per heavy atom. The third kappa shape index (κ3) is 5.73. The standard InChI is InChI=1S/C18H25N5OS.HI/c1-19-18(20-13-15-5-3-6-16(21-15)24-2)22-14-8-10-23(11-9-14)17-7-4-12-25-17;/h3-7,12,14H,8-11,13H2,1-2H3,(H2,19,20,22);1H. The third-order valence-corrected chi connectivity index (χ3v) is 5.23. The molecule has 142 valence electrons. The molecule has 0 radical (unpaired) electrons. The molecule has 1 aliphatic rings. The molecule has 2 N–H and O–H groups in total. The average Bonchev–Trinajstić information content (AvgIpc) is 3.20. The van der Waals surface area contributed by atoms with Crippen LogP contribution in [0.4, 0.5) is 5.00 Å². The fraction of sp³-hybridized carbons (Fsp3) is 0.444. The average molecular weight is 487 g/mol. The highest BCUT2D eigenvalue weighted by atomic mass is 127. The molecule has 2 aromatic heterocycles. The van der Waals surface area contributed by atoms with E-state index >= 15 is 0 Å². The van der Waals surface area contributed by atoms with E-state index < -0.39 is 0 Å². The summed E-state index contributed by atoms with van der Waals surface area (Å²) in [6.45, 7) is 2.77. The van der Waals surface area contributed by atoms with E-state index in [1.807, 2.05) is 29.5 Å². The number of rotatable bonds is 5. The van der Waals surface area contributed by atoms with Crippen molar-refractivity contribution in [2.75, 3.05) is 32.1 Å². The first-order valence-electron chi connectivity index (χ1n) is 8.54. The van der Waals surface area contributed by atoms with Crippen molar-refractivity contribution in [1.29, 1.82) is 0 Å². The van der Waals surface area contributed by atoms with Crippen LogP contribution < -0.4 is 20.3 Å². The van der Waals surface area contributed by atoms with E-state index in [0.29, 0.717) is 18.5 Å². The van der Waals surface area contributed by atoms with Gasteiger partial charge in [0.2, 0.25) is 5.88 Å². The first kappa shape index (κ1) is 20.8. The first-order chi connectivity index (χ1) is 12.3. The number of guanidine groups is 1. The second kappa shape index (κ2) is 10.6. The van der Waals surface area contributed by atoms with Crippen LogP contribution in [0.3, 0.4) is 0 Å². The van der Waals surface area contributed by atoms with Crippen molar-refractivity contribution in [3.05, 3.63) is 41.4 Å². The number of hydrogen-bond donors (Lipinski definition) is 2. The molecule has 1 fully saturated rings. The van der Waals surface area contributed by atoms with Gasteiger partial charge in [0, 0.05) is 32.2 Å². The van der Waals surface area contributed by atoms with Gasteiger partial charge in [-0.3, -0.25) is 4.99 Å². The number of aliphatic imine (C=N–C) groups is 1. The van der Waals surface area contributed by atoms with Gasteiger partial charge in [0.1, 0.15) is 0 Å². The fourth-order valence-electron chi connectivity index (χ4n) is 2.93. The minimum Gasteiger partial charge on any atom is -0.481 e. The van der Waals surface area contributed by atoms with Crippen molar-refractivity contribution in [2.45, 2.75) is 25.4 Å². The molecular weight excluding hydrogens is 461 g/mol. The van der Waals surface area contributed by atoms with E-state index in [1.54, 1.807) is 14.2 Å². The molecule has 0 spiro atoms. The summed E-state index contributed by atoms with van der Waals surface area (Å²) in [5, 5.41) is 10.4. The first-order valence-corrected chi connectivity index (χ1v) is 9.42. The molecule has 0 atom stereocenters. The number of ether oxygens (including phenoxy) is 1. The van der Waals surface area contributed by atoms with E-state index in [1.165, 1.54) is 5.00 Å². The lowest BCUT2D eigenvalue weighted by molar-refractivity contribution is 0.396. The summed E-state index contributed by atoms with van der Waals surface area (Å²) in [5.74, 6) is 1.45. The Bertz CT molecular complexity index is 687. The second-order valence-electron chi connectivity index (χ2n) is 5.95. The van der Waals surface area contributed by atoms with Gasteiger partial charge in [-0.1, -0.05) is 6.07 Å². The van der Waals surface area contributed by atoms with Crippen LogP contribution in [0.25, 0.3) is 0 Å². The molecule has 0 aliphatic carbocycles. The summed E-state index contributed by atoms with van der Waals surface area (Å²) in [4.78, 5) is 11.2. The Labute approximate surface area is 176 Å². The maximum Gasteiger partial charge on any atom is 0.213 e. The zero-order chi connectivity index (χ0) is 17.5. The number of anilines is 1. The maximum absolute atomic E-state index is 5.16. The van der Waals surface area contributed by atoms with Crippen LogP contribution in [0.5, 0.6) is 5.88 Å². The molecule has 26 heavy (non-hydrogen) atoms. The summed E-state index contributed by atoms with van der Waals surface area (Å²) < 4.78 is 5.16. The number of nitrogens with zero attached hydrogens (tertiary/aromatic N) is 3. The Morgan fingerprint density at radius 3 is 2.77 bits per heavy atom. The van der Waals surface area contributed by atoms with Gasteiger partial charge in [-0.25, -0.2) is 4.98 Å². The maximum atomic E-state index is 5.16. The number of halogens is 1. The van der Waals surface area contributed by atoms with Gasteiger partial charge in [-0.05, 0) is 36.4 Å². The molecule has 0 amide bonds. The molecule has 0 bridgehead atoms. The zero-order valence-corrected chi connectivity index (χ0v) is 18.3. The molecular formula is C18H26IN5OS. The van der Waals surface area contributed by atoms with Crippen molar-refractivity contribution >= 4 is 46.3 Å². The summed E-state index contributed by atoms with van der Waals surface area (Å²) in [7, 11) is 3.43. The van der Waals surface area contributed by atoms with Crippen molar-refractivity contribution in [3.8, 4) is 5.88 Å². The zero-order valence-electron chi connectivity index (χ0n) is 15.1. The van der Waals surface area contributed by atoms with Crippen LogP contribution in [0.2, 0.25) is 0 Å². The molecule has 0 saturated carbocycles. The largest absolute Gasteiger partial charge is 0.481 e. The Balaban J connectivity index is 0.00000243. The SMILES string of the molecule is CN=C(NCc1cccc(OC)n1)NC1CCN(c2cccs2)CC1.I. The van der Waals surface area contributed by atoms with Crippen molar-refractivity contribution < 1.29 is 4.74 Å². The Kier molecular flexibility index (Phi) is 8.43. The van der Waals surface area contributed by atoms with Gasteiger partial charge in [0.25, 0.3) is 0 Å². The topological polar surface area (TPSA) is 61.8 Å². The van der Waals surface area contributed by atoms with Gasteiger partial charge >= 0.3 is 0 Å². The number of hydrogen-bond acceptors (Lipinski definition) is 5. The second-order valence-corrected chi connectivity index (χ2v) is 6.88. The number of thiophene rings is 1. The van der Waals surface area contributed by atoms with Gasteiger partial charge in [-0.15, -0.1) is 35.3 Å². The summed E-state index contributed by atoms with van der Waals surface area (Å²) >= 11 is 1.81. The summed E-state index contributed by atoms with van der Waals surface area (Å²) in [5.41, 5.74) is 0.926. The van der Waals surface area contributed by atoms with Crippen LogP contribution in [0.1, 0.15) is 18.5 Å². The number of piperidine rings is 1. The van der Waals surface area contributed by atoms with Crippen LogP contribution >= 0.6 is 35.3 Å². The van der Waals surface area contributed by atoms with Crippen LogP contribution in [-0.2, 0) is 6.54 Å². The highest BCUT2D eigenvalue weighted by Gasteiger charge is 2.20. The van der Waals surface area contributed by atoms with Crippen molar-refractivity contribution in [1.82, 2.24) is 15.6 Å². The van der Waals surface area contributed by atoms with Gasteiger partial charge in [-0.2, -0.15) is 0 Å². The normalized spacial score (nSPS) is 15.3. The predicted octanol–water partition coefficient (Wildman–Crippen LogP) is 3.10. The number of nitrogens with one attached hydrogen (secondary N) is 2. The minimum atomic E-state index is 0. The van der Waals surface area contributed by atoms with E-state index in [4.69, 9.17) is 4.74 Å². The van der Waals surface area contributed by atoms with E-state index in [2.05, 4.69) is 43.0 Å². The monoisotopic (exact) mass is 487 g/mol. The van der Waals surface area contributed by atoms with E-state index in [9.17, 15) is 0 Å². The van der Waals surface area contributed by atoms with Crippen LogP contribution in [-0.4, -0.2) is 44.2 Å². The van der Waals surface area contributed by atoms with Gasteiger partial charge < -0.3 is 20.3 Å².